The Bertz CT molecular complexity index is 599. The molecule has 8 nitrogen and oxygen atoms in total. The molecule has 122 valence electrons. The minimum absolute atomic E-state index is 0.0302. The zero-order valence-electron chi connectivity index (χ0n) is 12.7. The van der Waals surface area contributed by atoms with E-state index in [2.05, 4.69) is 30.5 Å². The standard InChI is InChI=1S/C14H19N7OS/c22-13(12-9-15-3-4-17-12)21-6-1-11(2-7-21)16-5-8-23-14-18-10-19-20-14/h3-4,9-11,16H,1-2,5-8H2,(H,18,19,20). The van der Waals surface area contributed by atoms with Crippen molar-refractivity contribution in [3.05, 3.63) is 30.6 Å². The van der Waals surface area contributed by atoms with E-state index in [-0.39, 0.29) is 5.91 Å². The summed E-state index contributed by atoms with van der Waals surface area (Å²) < 4.78 is 0. The Morgan fingerprint density at radius 2 is 2.22 bits per heavy atom. The molecule has 0 spiro atoms. The maximum atomic E-state index is 12.3. The lowest BCUT2D eigenvalue weighted by Crippen LogP contribution is -2.45. The Kier molecular flexibility index (Phi) is 5.54. The number of aromatic amines is 1. The Morgan fingerprint density at radius 1 is 1.35 bits per heavy atom. The quantitative estimate of drug-likeness (QED) is 0.589. The first-order chi connectivity index (χ1) is 11.3. The van der Waals surface area contributed by atoms with Crippen molar-refractivity contribution in [1.29, 1.82) is 0 Å². The van der Waals surface area contributed by atoms with Gasteiger partial charge in [-0.3, -0.25) is 14.9 Å². The van der Waals surface area contributed by atoms with Crippen molar-refractivity contribution in [2.45, 2.75) is 24.0 Å². The van der Waals surface area contributed by atoms with Crippen molar-refractivity contribution >= 4 is 17.7 Å². The Morgan fingerprint density at radius 3 is 2.91 bits per heavy atom. The highest BCUT2D eigenvalue weighted by Gasteiger charge is 2.23. The summed E-state index contributed by atoms with van der Waals surface area (Å²) in [7, 11) is 0. The zero-order chi connectivity index (χ0) is 15.9. The van der Waals surface area contributed by atoms with Gasteiger partial charge in [-0.05, 0) is 12.8 Å². The lowest BCUT2D eigenvalue weighted by atomic mass is 10.0. The van der Waals surface area contributed by atoms with Crippen LogP contribution in [0.4, 0.5) is 0 Å². The van der Waals surface area contributed by atoms with E-state index in [0.29, 0.717) is 11.7 Å². The van der Waals surface area contributed by atoms with Crippen LogP contribution in [-0.4, -0.2) is 67.4 Å². The number of likely N-dealkylation sites (tertiary alicyclic amines) is 1. The molecule has 1 aliphatic rings. The highest BCUT2D eigenvalue weighted by Crippen LogP contribution is 2.14. The SMILES string of the molecule is O=C(c1cnccn1)N1CCC(NCCSc2ncn[nH]2)CC1. The van der Waals surface area contributed by atoms with E-state index in [1.165, 1.54) is 12.5 Å². The number of hydrogen-bond acceptors (Lipinski definition) is 7. The van der Waals surface area contributed by atoms with Crippen molar-refractivity contribution in [2.75, 3.05) is 25.4 Å². The molecule has 3 rings (SSSR count). The van der Waals surface area contributed by atoms with Crippen molar-refractivity contribution in [1.82, 2.24) is 35.4 Å². The highest BCUT2D eigenvalue weighted by atomic mass is 32.2. The van der Waals surface area contributed by atoms with E-state index < -0.39 is 0 Å². The van der Waals surface area contributed by atoms with Gasteiger partial charge in [0.25, 0.3) is 5.91 Å². The lowest BCUT2D eigenvalue weighted by Gasteiger charge is -2.32. The Labute approximate surface area is 138 Å². The second-order valence-electron chi connectivity index (χ2n) is 5.25. The van der Waals surface area contributed by atoms with Gasteiger partial charge in [-0.15, -0.1) is 0 Å². The monoisotopic (exact) mass is 333 g/mol. The van der Waals surface area contributed by atoms with Crippen LogP contribution < -0.4 is 5.32 Å². The minimum atomic E-state index is -0.0302. The average molecular weight is 333 g/mol. The van der Waals surface area contributed by atoms with Crippen molar-refractivity contribution in [3.63, 3.8) is 0 Å². The number of aromatic nitrogens is 5. The smallest absolute Gasteiger partial charge is 0.274 e. The molecule has 0 atom stereocenters. The van der Waals surface area contributed by atoms with Gasteiger partial charge in [0.15, 0.2) is 5.16 Å². The molecule has 2 N–H and O–H groups in total. The summed E-state index contributed by atoms with van der Waals surface area (Å²) >= 11 is 1.65. The van der Waals surface area contributed by atoms with Gasteiger partial charge >= 0.3 is 0 Å². The number of nitrogens with zero attached hydrogens (tertiary/aromatic N) is 5. The number of hydrogen-bond donors (Lipinski definition) is 2. The predicted molar refractivity (Wildman–Crippen MR) is 86.1 cm³/mol. The van der Waals surface area contributed by atoms with Gasteiger partial charge in [-0.1, -0.05) is 11.8 Å². The summed E-state index contributed by atoms with van der Waals surface area (Å²) in [4.78, 5) is 26.2. The highest BCUT2D eigenvalue weighted by molar-refractivity contribution is 7.99. The van der Waals surface area contributed by atoms with Crippen molar-refractivity contribution in [3.8, 4) is 0 Å². The van der Waals surface area contributed by atoms with Crippen LogP contribution in [0.5, 0.6) is 0 Å². The van der Waals surface area contributed by atoms with Gasteiger partial charge in [-0.25, -0.2) is 9.97 Å². The van der Waals surface area contributed by atoms with Crippen LogP contribution in [0.3, 0.4) is 0 Å². The molecule has 9 heteroatoms. The molecule has 2 aromatic heterocycles. The number of nitrogens with one attached hydrogen (secondary N) is 2. The molecule has 1 aliphatic heterocycles. The van der Waals surface area contributed by atoms with E-state index in [1.807, 2.05) is 4.90 Å². The third-order valence-electron chi connectivity index (χ3n) is 3.73. The van der Waals surface area contributed by atoms with Crippen LogP contribution in [-0.2, 0) is 0 Å². The molecule has 2 aromatic rings. The maximum absolute atomic E-state index is 12.3. The summed E-state index contributed by atoms with van der Waals surface area (Å²) in [5.74, 6) is 0.908. The van der Waals surface area contributed by atoms with E-state index in [1.54, 1.807) is 24.2 Å². The van der Waals surface area contributed by atoms with Crippen LogP contribution in [0.15, 0.2) is 30.1 Å². The van der Waals surface area contributed by atoms with Crippen molar-refractivity contribution < 1.29 is 4.79 Å². The van der Waals surface area contributed by atoms with Gasteiger partial charge in [0, 0.05) is 43.8 Å². The first-order valence-corrected chi connectivity index (χ1v) is 8.58. The number of amides is 1. The second kappa shape index (κ2) is 8.02. The summed E-state index contributed by atoms with van der Waals surface area (Å²) in [6.07, 6.45) is 8.07. The third kappa shape index (κ3) is 4.49. The molecule has 0 aliphatic carbocycles. The molecule has 3 heterocycles. The summed E-state index contributed by atoms with van der Waals surface area (Å²) in [5, 5.41) is 11.0. The Balaban J connectivity index is 1.36. The van der Waals surface area contributed by atoms with Gasteiger partial charge < -0.3 is 10.2 Å². The predicted octanol–water partition coefficient (Wildman–Crippen LogP) is 0.581. The number of carbonyl (C=O) groups is 1. The van der Waals surface area contributed by atoms with E-state index in [9.17, 15) is 4.79 Å². The van der Waals surface area contributed by atoms with Crippen LogP contribution >= 0.6 is 11.8 Å². The van der Waals surface area contributed by atoms with Crippen LogP contribution in [0, 0.1) is 0 Å². The van der Waals surface area contributed by atoms with E-state index in [4.69, 9.17) is 0 Å². The van der Waals surface area contributed by atoms with Crippen LogP contribution in [0.25, 0.3) is 0 Å². The fourth-order valence-corrected chi connectivity index (χ4v) is 3.18. The fourth-order valence-electron chi connectivity index (χ4n) is 2.53. The lowest BCUT2D eigenvalue weighted by molar-refractivity contribution is 0.0699. The number of rotatable bonds is 6. The molecule has 0 aromatic carbocycles. The Hall–Kier alpha value is -2.00. The fraction of sp³-hybridized carbons (Fsp3) is 0.500. The molecular formula is C14H19N7OS. The molecule has 1 fully saturated rings. The minimum Gasteiger partial charge on any atom is -0.337 e. The first kappa shape index (κ1) is 15.9. The summed E-state index contributed by atoms with van der Waals surface area (Å²) in [6, 6.07) is 0.455. The van der Waals surface area contributed by atoms with E-state index >= 15 is 0 Å². The number of thioether (sulfide) groups is 1. The molecule has 1 saturated heterocycles. The van der Waals surface area contributed by atoms with Crippen LogP contribution in [0.1, 0.15) is 23.3 Å². The summed E-state index contributed by atoms with van der Waals surface area (Å²) in [6.45, 7) is 2.42. The van der Waals surface area contributed by atoms with Gasteiger partial charge in [0.05, 0.1) is 6.20 Å². The molecule has 1 amide bonds. The normalized spacial score (nSPS) is 15.7. The summed E-state index contributed by atoms with van der Waals surface area (Å²) in [5.41, 5.74) is 0.419. The first-order valence-electron chi connectivity index (χ1n) is 7.60. The number of H-pyrrole nitrogens is 1. The molecular weight excluding hydrogens is 314 g/mol. The van der Waals surface area contributed by atoms with Crippen LogP contribution in [0.2, 0.25) is 0 Å². The number of piperidine rings is 1. The second-order valence-corrected chi connectivity index (χ2v) is 6.33. The molecule has 23 heavy (non-hydrogen) atoms. The zero-order valence-corrected chi connectivity index (χ0v) is 13.5. The molecule has 0 radical (unpaired) electrons. The van der Waals surface area contributed by atoms with Gasteiger partial charge in [-0.2, -0.15) is 5.10 Å². The van der Waals surface area contributed by atoms with E-state index in [0.717, 1.165) is 43.4 Å². The van der Waals surface area contributed by atoms with Gasteiger partial charge in [0.2, 0.25) is 0 Å². The number of carbonyl (C=O) groups excluding carboxylic acids is 1. The van der Waals surface area contributed by atoms with Crippen molar-refractivity contribution in [2.24, 2.45) is 0 Å². The molecule has 0 unspecified atom stereocenters. The largest absolute Gasteiger partial charge is 0.337 e. The topological polar surface area (TPSA) is 99.7 Å². The maximum Gasteiger partial charge on any atom is 0.274 e. The van der Waals surface area contributed by atoms with Gasteiger partial charge in [0.1, 0.15) is 12.0 Å². The molecule has 0 saturated carbocycles. The third-order valence-corrected chi connectivity index (χ3v) is 4.61. The average Bonchev–Trinajstić information content (AvgIpc) is 3.13. The molecule has 0 bridgehead atoms.